The molecule has 1 unspecified atom stereocenters. The predicted molar refractivity (Wildman–Crippen MR) is 101 cm³/mol. The summed E-state index contributed by atoms with van der Waals surface area (Å²) in [6.45, 7) is 7.19. The molecule has 0 spiro atoms. The topological polar surface area (TPSA) is 21.3 Å². The number of benzene rings is 2. The third-order valence-electron chi connectivity index (χ3n) is 3.72. The van der Waals surface area contributed by atoms with Crippen molar-refractivity contribution >= 4 is 15.9 Å². The van der Waals surface area contributed by atoms with E-state index < -0.39 is 0 Å². The Labute approximate surface area is 148 Å². The smallest absolute Gasteiger partial charge is 0.133 e. The summed E-state index contributed by atoms with van der Waals surface area (Å²) in [4.78, 5) is 0. The highest BCUT2D eigenvalue weighted by molar-refractivity contribution is 9.10. The van der Waals surface area contributed by atoms with Crippen LogP contribution in [-0.4, -0.2) is 12.1 Å². The summed E-state index contributed by atoms with van der Waals surface area (Å²) >= 11 is 3.59. The highest BCUT2D eigenvalue weighted by Crippen LogP contribution is 2.27. The second-order valence-electron chi connectivity index (χ2n) is 6.24. The van der Waals surface area contributed by atoms with E-state index in [1.54, 1.807) is 0 Å². The van der Waals surface area contributed by atoms with Crippen LogP contribution in [0.5, 0.6) is 5.75 Å². The molecule has 0 amide bonds. The number of halogens is 1. The van der Waals surface area contributed by atoms with Crippen LogP contribution in [-0.2, 0) is 13.0 Å². The Morgan fingerprint density at radius 1 is 1.00 bits per heavy atom. The molecule has 0 saturated carbocycles. The van der Waals surface area contributed by atoms with Crippen LogP contribution in [0.4, 0.5) is 0 Å². The molecule has 0 aliphatic carbocycles. The van der Waals surface area contributed by atoms with Crippen molar-refractivity contribution in [2.75, 3.05) is 0 Å². The first-order valence-corrected chi connectivity index (χ1v) is 9.06. The Morgan fingerprint density at radius 2 is 1.74 bits per heavy atom. The van der Waals surface area contributed by atoms with Crippen molar-refractivity contribution in [2.45, 2.75) is 52.3 Å². The van der Waals surface area contributed by atoms with E-state index in [9.17, 15) is 0 Å². The average Bonchev–Trinajstić information content (AvgIpc) is 2.54. The summed E-state index contributed by atoms with van der Waals surface area (Å²) in [5.74, 6) is 0.904. The summed E-state index contributed by atoms with van der Waals surface area (Å²) in [7, 11) is 0. The Balaban J connectivity index is 1.79. The molecule has 0 bridgehead atoms. The van der Waals surface area contributed by atoms with E-state index in [0.29, 0.717) is 6.04 Å². The standard InChI is InChI=1S/C20H26BrNO/c1-15(2)23-20-12-11-18(13-19(20)21)14-22-16(3)9-10-17-7-5-4-6-8-17/h4-8,11-13,15-16,22H,9-10,14H2,1-3H3. The molecular weight excluding hydrogens is 350 g/mol. The second kappa shape index (κ2) is 9.09. The zero-order chi connectivity index (χ0) is 16.7. The van der Waals surface area contributed by atoms with E-state index in [4.69, 9.17) is 4.74 Å². The van der Waals surface area contributed by atoms with Crippen LogP contribution in [0.1, 0.15) is 38.3 Å². The van der Waals surface area contributed by atoms with Gasteiger partial charge >= 0.3 is 0 Å². The molecule has 0 fully saturated rings. The minimum Gasteiger partial charge on any atom is -0.490 e. The van der Waals surface area contributed by atoms with Crippen molar-refractivity contribution in [3.05, 3.63) is 64.1 Å². The summed E-state index contributed by atoms with van der Waals surface area (Å²) in [5.41, 5.74) is 2.67. The lowest BCUT2D eigenvalue weighted by molar-refractivity contribution is 0.241. The van der Waals surface area contributed by atoms with Gasteiger partial charge in [-0.2, -0.15) is 0 Å². The first kappa shape index (κ1) is 18.0. The highest BCUT2D eigenvalue weighted by Gasteiger charge is 2.06. The van der Waals surface area contributed by atoms with Gasteiger partial charge in [-0.3, -0.25) is 0 Å². The van der Waals surface area contributed by atoms with Gasteiger partial charge in [-0.15, -0.1) is 0 Å². The molecule has 0 aliphatic heterocycles. The molecular formula is C20H26BrNO. The fourth-order valence-electron chi connectivity index (χ4n) is 2.43. The quantitative estimate of drug-likeness (QED) is 0.671. The predicted octanol–water partition coefficient (Wildman–Crippen LogP) is 5.35. The molecule has 2 nitrogen and oxygen atoms in total. The van der Waals surface area contributed by atoms with E-state index in [1.165, 1.54) is 11.1 Å². The van der Waals surface area contributed by atoms with Gasteiger partial charge in [-0.1, -0.05) is 36.4 Å². The van der Waals surface area contributed by atoms with Crippen molar-refractivity contribution in [2.24, 2.45) is 0 Å². The van der Waals surface area contributed by atoms with Crippen LogP contribution in [0, 0.1) is 0 Å². The van der Waals surface area contributed by atoms with Crippen LogP contribution in [0.3, 0.4) is 0 Å². The van der Waals surface area contributed by atoms with Crippen LogP contribution >= 0.6 is 15.9 Å². The molecule has 124 valence electrons. The zero-order valence-corrected chi connectivity index (χ0v) is 15.8. The summed E-state index contributed by atoms with van der Waals surface area (Å²) in [5, 5.41) is 3.59. The lowest BCUT2D eigenvalue weighted by Gasteiger charge is -2.15. The summed E-state index contributed by atoms with van der Waals surface area (Å²) in [6, 6.07) is 17.4. The van der Waals surface area contributed by atoms with Crippen molar-refractivity contribution in [1.82, 2.24) is 5.32 Å². The van der Waals surface area contributed by atoms with Crippen LogP contribution in [0.2, 0.25) is 0 Å². The molecule has 0 radical (unpaired) electrons. The van der Waals surface area contributed by atoms with Crippen molar-refractivity contribution < 1.29 is 4.74 Å². The molecule has 0 aromatic heterocycles. The van der Waals surface area contributed by atoms with Crippen LogP contribution in [0.25, 0.3) is 0 Å². The lowest BCUT2D eigenvalue weighted by Crippen LogP contribution is -2.26. The van der Waals surface area contributed by atoms with Gasteiger partial charge in [0.15, 0.2) is 0 Å². The number of aryl methyl sites for hydroxylation is 1. The SMILES string of the molecule is CC(CCc1ccccc1)NCc1ccc(OC(C)C)c(Br)c1. The van der Waals surface area contributed by atoms with E-state index in [2.05, 4.69) is 70.6 Å². The van der Waals surface area contributed by atoms with E-state index in [-0.39, 0.29) is 6.10 Å². The van der Waals surface area contributed by atoms with Gasteiger partial charge in [0.1, 0.15) is 5.75 Å². The van der Waals surface area contributed by atoms with Gasteiger partial charge in [0.2, 0.25) is 0 Å². The van der Waals surface area contributed by atoms with Gasteiger partial charge in [-0.25, -0.2) is 0 Å². The van der Waals surface area contributed by atoms with Gasteiger partial charge in [0.05, 0.1) is 10.6 Å². The molecule has 2 aromatic rings. The number of hydrogen-bond acceptors (Lipinski definition) is 2. The highest BCUT2D eigenvalue weighted by atomic mass is 79.9. The molecule has 2 aromatic carbocycles. The molecule has 0 heterocycles. The van der Waals surface area contributed by atoms with Crippen LogP contribution in [0.15, 0.2) is 53.0 Å². The number of rotatable bonds is 8. The minimum absolute atomic E-state index is 0.188. The summed E-state index contributed by atoms with van der Waals surface area (Å²) < 4.78 is 6.76. The third kappa shape index (κ3) is 6.36. The molecule has 1 atom stereocenters. The zero-order valence-electron chi connectivity index (χ0n) is 14.2. The summed E-state index contributed by atoms with van der Waals surface area (Å²) in [6.07, 6.45) is 2.44. The Bertz CT molecular complexity index is 598. The third-order valence-corrected chi connectivity index (χ3v) is 4.34. The molecule has 0 saturated heterocycles. The average molecular weight is 376 g/mol. The maximum atomic E-state index is 5.75. The molecule has 3 heteroatoms. The maximum absolute atomic E-state index is 5.75. The van der Waals surface area contributed by atoms with E-state index in [0.717, 1.165) is 29.6 Å². The number of hydrogen-bond donors (Lipinski definition) is 1. The van der Waals surface area contributed by atoms with Gasteiger partial charge < -0.3 is 10.1 Å². The first-order chi connectivity index (χ1) is 11.0. The molecule has 23 heavy (non-hydrogen) atoms. The number of nitrogens with one attached hydrogen (secondary N) is 1. The van der Waals surface area contributed by atoms with Gasteiger partial charge in [0, 0.05) is 12.6 Å². The van der Waals surface area contributed by atoms with Crippen LogP contribution < -0.4 is 10.1 Å². The van der Waals surface area contributed by atoms with Gasteiger partial charge in [-0.05, 0) is 72.8 Å². The Kier molecular flexibility index (Phi) is 7.13. The van der Waals surface area contributed by atoms with Gasteiger partial charge in [0.25, 0.3) is 0 Å². The van der Waals surface area contributed by atoms with Crippen molar-refractivity contribution in [3.63, 3.8) is 0 Å². The molecule has 1 N–H and O–H groups in total. The molecule has 0 aliphatic rings. The fourth-order valence-corrected chi connectivity index (χ4v) is 2.95. The Hall–Kier alpha value is -1.32. The van der Waals surface area contributed by atoms with Crippen molar-refractivity contribution in [1.29, 1.82) is 0 Å². The minimum atomic E-state index is 0.188. The fraction of sp³-hybridized carbons (Fsp3) is 0.400. The molecule has 2 rings (SSSR count). The maximum Gasteiger partial charge on any atom is 0.133 e. The second-order valence-corrected chi connectivity index (χ2v) is 7.09. The lowest BCUT2D eigenvalue weighted by atomic mass is 10.1. The van der Waals surface area contributed by atoms with E-state index >= 15 is 0 Å². The largest absolute Gasteiger partial charge is 0.490 e. The van der Waals surface area contributed by atoms with E-state index in [1.807, 2.05) is 19.9 Å². The normalized spacial score (nSPS) is 12.4. The van der Waals surface area contributed by atoms with Crippen molar-refractivity contribution in [3.8, 4) is 5.75 Å². The monoisotopic (exact) mass is 375 g/mol. The number of ether oxygens (including phenoxy) is 1. The Morgan fingerprint density at radius 3 is 2.39 bits per heavy atom. The first-order valence-electron chi connectivity index (χ1n) is 8.27.